The van der Waals surface area contributed by atoms with Gasteiger partial charge < -0.3 is 10.2 Å². The molecular formula is C13H22N2O2. The van der Waals surface area contributed by atoms with E-state index in [1.807, 2.05) is 0 Å². The van der Waals surface area contributed by atoms with Crippen molar-refractivity contribution in [2.75, 3.05) is 19.6 Å². The number of hydrogen-bond donors (Lipinski definition) is 1. The first-order valence-electron chi connectivity index (χ1n) is 6.38. The van der Waals surface area contributed by atoms with Crippen LogP contribution >= 0.6 is 0 Å². The van der Waals surface area contributed by atoms with Crippen LogP contribution in [0.2, 0.25) is 0 Å². The molecule has 0 saturated carbocycles. The molecular weight excluding hydrogens is 216 g/mol. The van der Waals surface area contributed by atoms with Crippen LogP contribution in [0.3, 0.4) is 0 Å². The average Bonchev–Trinajstić information content (AvgIpc) is 2.38. The molecule has 96 valence electrons. The zero-order valence-corrected chi connectivity index (χ0v) is 10.6. The van der Waals surface area contributed by atoms with E-state index in [0.29, 0.717) is 13.1 Å². The molecule has 1 heterocycles. The molecule has 0 aromatic carbocycles. The van der Waals surface area contributed by atoms with Crippen molar-refractivity contribution in [2.45, 2.75) is 32.6 Å². The highest BCUT2D eigenvalue weighted by molar-refractivity contribution is 5.87. The molecule has 0 aromatic rings. The molecule has 1 aliphatic heterocycles. The van der Waals surface area contributed by atoms with Gasteiger partial charge in [0.2, 0.25) is 11.8 Å². The van der Waals surface area contributed by atoms with Crippen LogP contribution in [0.15, 0.2) is 12.7 Å². The van der Waals surface area contributed by atoms with Crippen molar-refractivity contribution in [3.63, 3.8) is 0 Å². The number of likely N-dealkylation sites (tertiary alicyclic amines) is 1. The number of piperidine rings is 1. The number of rotatable bonds is 5. The Bertz CT molecular complexity index is 281. The van der Waals surface area contributed by atoms with Crippen LogP contribution < -0.4 is 5.32 Å². The normalized spacial score (nSPS) is 16.6. The number of nitrogens with one attached hydrogen (secondary N) is 1. The highest BCUT2D eigenvalue weighted by Crippen LogP contribution is 2.17. The van der Waals surface area contributed by atoms with Gasteiger partial charge >= 0.3 is 0 Å². The summed E-state index contributed by atoms with van der Waals surface area (Å²) < 4.78 is 0. The molecule has 0 aromatic heterocycles. The molecule has 0 spiro atoms. The van der Waals surface area contributed by atoms with Crippen molar-refractivity contribution in [3.8, 4) is 0 Å². The number of carbonyl (C=O) groups is 2. The van der Waals surface area contributed by atoms with Gasteiger partial charge in [-0.2, -0.15) is 0 Å². The summed E-state index contributed by atoms with van der Waals surface area (Å²) in [5.41, 5.74) is 0. The van der Waals surface area contributed by atoms with Gasteiger partial charge in [0.05, 0.1) is 0 Å². The molecule has 1 N–H and O–H groups in total. The van der Waals surface area contributed by atoms with Gasteiger partial charge in [-0.25, -0.2) is 0 Å². The first-order valence-corrected chi connectivity index (χ1v) is 6.38. The topological polar surface area (TPSA) is 49.4 Å². The Morgan fingerprint density at radius 3 is 2.59 bits per heavy atom. The average molecular weight is 238 g/mol. The van der Waals surface area contributed by atoms with E-state index in [1.165, 1.54) is 6.08 Å². The van der Waals surface area contributed by atoms with E-state index in [0.717, 1.165) is 32.2 Å². The fourth-order valence-electron chi connectivity index (χ4n) is 2.02. The maximum absolute atomic E-state index is 11.8. The molecule has 2 amide bonds. The van der Waals surface area contributed by atoms with Crippen LogP contribution in [0.4, 0.5) is 0 Å². The summed E-state index contributed by atoms with van der Waals surface area (Å²) in [4.78, 5) is 24.9. The third kappa shape index (κ3) is 4.21. The Morgan fingerprint density at radius 2 is 2.06 bits per heavy atom. The van der Waals surface area contributed by atoms with Crippen molar-refractivity contribution in [1.29, 1.82) is 0 Å². The highest BCUT2D eigenvalue weighted by Gasteiger charge is 2.25. The second-order valence-corrected chi connectivity index (χ2v) is 4.45. The zero-order chi connectivity index (χ0) is 12.7. The molecule has 4 heteroatoms. The molecule has 1 fully saturated rings. The van der Waals surface area contributed by atoms with Gasteiger partial charge in [0.15, 0.2) is 0 Å². The number of nitrogens with zero attached hydrogens (tertiary/aromatic N) is 1. The van der Waals surface area contributed by atoms with Crippen LogP contribution in [0, 0.1) is 5.92 Å². The summed E-state index contributed by atoms with van der Waals surface area (Å²) >= 11 is 0. The van der Waals surface area contributed by atoms with Gasteiger partial charge in [-0.1, -0.05) is 19.9 Å². The molecule has 0 bridgehead atoms. The fourth-order valence-corrected chi connectivity index (χ4v) is 2.02. The van der Waals surface area contributed by atoms with Gasteiger partial charge in [0.25, 0.3) is 0 Å². The van der Waals surface area contributed by atoms with E-state index in [-0.39, 0.29) is 17.7 Å². The summed E-state index contributed by atoms with van der Waals surface area (Å²) in [7, 11) is 0. The number of carbonyl (C=O) groups excluding carboxylic acids is 2. The van der Waals surface area contributed by atoms with Gasteiger partial charge in [-0.05, 0) is 25.3 Å². The minimum atomic E-state index is -0.0326. The number of amides is 2. The minimum Gasteiger partial charge on any atom is -0.356 e. The number of hydrogen-bond acceptors (Lipinski definition) is 2. The number of unbranched alkanes of at least 4 members (excludes halogenated alkanes) is 1. The summed E-state index contributed by atoms with van der Waals surface area (Å²) in [6.07, 6.45) is 4.98. The van der Waals surface area contributed by atoms with E-state index in [2.05, 4.69) is 18.8 Å². The van der Waals surface area contributed by atoms with Crippen molar-refractivity contribution in [3.05, 3.63) is 12.7 Å². The van der Waals surface area contributed by atoms with E-state index >= 15 is 0 Å². The van der Waals surface area contributed by atoms with Crippen LogP contribution in [-0.4, -0.2) is 36.3 Å². The van der Waals surface area contributed by atoms with Gasteiger partial charge in [-0.3, -0.25) is 9.59 Å². The molecule has 0 radical (unpaired) electrons. The van der Waals surface area contributed by atoms with Gasteiger partial charge in [-0.15, -0.1) is 0 Å². The second-order valence-electron chi connectivity index (χ2n) is 4.45. The largest absolute Gasteiger partial charge is 0.356 e. The fraction of sp³-hybridized carbons (Fsp3) is 0.692. The lowest BCUT2D eigenvalue weighted by atomic mass is 9.96. The lowest BCUT2D eigenvalue weighted by Gasteiger charge is -2.30. The highest BCUT2D eigenvalue weighted by atomic mass is 16.2. The molecule has 0 aliphatic carbocycles. The van der Waals surface area contributed by atoms with Crippen molar-refractivity contribution < 1.29 is 9.59 Å². The molecule has 1 aliphatic rings. The Labute approximate surface area is 103 Å². The first kappa shape index (κ1) is 13.7. The molecule has 0 atom stereocenters. The SMILES string of the molecule is C=CC(=O)N1CCC(C(=O)NCCCC)CC1. The monoisotopic (exact) mass is 238 g/mol. The summed E-state index contributed by atoms with van der Waals surface area (Å²) in [6, 6.07) is 0. The molecule has 1 rings (SSSR count). The summed E-state index contributed by atoms with van der Waals surface area (Å²) in [5.74, 6) is 0.180. The van der Waals surface area contributed by atoms with Crippen molar-refractivity contribution in [2.24, 2.45) is 5.92 Å². The Balaban J connectivity index is 2.28. The van der Waals surface area contributed by atoms with E-state index in [1.54, 1.807) is 4.90 Å². The smallest absolute Gasteiger partial charge is 0.245 e. The third-order valence-corrected chi connectivity index (χ3v) is 3.18. The van der Waals surface area contributed by atoms with Crippen LogP contribution in [-0.2, 0) is 9.59 Å². The van der Waals surface area contributed by atoms with Crippen LogP contribution in [0.25, 0.3) is 0 Å². The molecule has 17 heavy (non-hydrogen) atoms. The molecule has 0 unspecified atom stereocenters. The summed E-state index contributed by atoms with van der Waals surface area (Å²) in [5, 5.41) is 2.95. The van der Waals surface area contributed by atoms with E-state index < -0.39 is 0 Å². The maximum atomic E-state index is 11.8. The Kier molecular flexibility index (Phi) is 5.73. The molecule has 4 nitrogen and oxygen atoms in total. The quantitative estimate of drug-likeness (QED) is 0.580. The Morgan fingerprint density at radius 1 is 1.41 bits per heavy atom. The molecule has 1 saturated heterocycles. The van der Waals surface area contributed by atoms with E-state index in [9.17, 15) is 9.59 Å². The lowest BCUT2D eigenvalue weighted by molar-refractivity contribution is -0.132. The lowest BCUT2D eigenvalue weighted by Crippen LogP contribution is -2.42. The van der Waals surface area contributed by atoms with Crippen molar-refractivity contribution >= 4 is 11.8 Å². The van der Waals surface area contributed by atoms with Gasteiger partial charge in [0, 0.05) is 25.6 Å². The van der Waals surface area contributed by atoms with Crippen molar-refractivity contribution in [1.82, 2.24) is 10.2 Å². The van der Waals surface area contributed by atoms with Crippen LogP contribution in [0.5, 0.6) is 0 Å². The minimum absolute atomic E-state index is 0.0326. The van der Waals surface area contributed by atoms with Gasteiger partial charge in [0.1, 0.15) is 0 Å². The summed E-state index contributed by atoms with van der Waals surface area (Å²) in [6.45, 7) is 7.66. The van der Waals surface area contributed by atoms with Crippen LogP contribution in [0.1, 0.15) is 32.6 Å². The third-order valence-electron chi connectivity index (χ3n) is 3.18. The second kappa shape index (κ2) is 7.09. The maximum Gasteiger partial charge on any atom is 0.245 e. The standard InChI is InChI=1S/C13H22N2O2/c1-3-5-8-14-13(17)11-6-9-15(10-7-11)12(16)4-2/h4,11H,2-3,5-10H2,1H3,(H,14,17). The Hall–Kier alpha value is -1.32. The zero-order valence-electron chi connectivity index (χ0n) is 10.6. The predicted molar refractivity (Wildman–Crippen MR) is 67.4 cm³/mol. The predicted octanol–water partition coefficient (Wildman–Crippen LogP) is 1.33. The van der Waals surface area contributed by atoms with E-state index in [4.69, 9.17) is 0 Å². The first-order chi connectivity index (χ1) is 8.19.